The van der Waals surface area contributed by atoms with E-state index >= 15 is 0 Å². The molecule has 4 rings (SSSR count). The Labute approximate surface area is 199 Å². The van der Waals surface area contributed by atoms with E-state index in [-0.39, 0.29) is 12.0 Å². The van der Waals surface area contributed by atoms with Crippen LogP contribution >= 0.6 is 0 Å². The van der Waals surface area contributed by atoms with Gasteiger partial charge in [-0.3, -0.25) is 10.2 Å². The Hall–Kier alpha value is -3.53. The van der Waals surface area contributed by atoms with Crippen molar-refractivity contribution in [2.45, 2.75) is 13.1 Å². The number of rotatable bonds is 10. The maximum Gasteiger partial charge on any atom is 0.326 e. The molecule has 2 aromatic carbocycles. The molecule has 0 spiro atoms. The van der Waals surface area contributed by atoms with E-state index in [9.17, 15) is 4.79 Å². The summed E-state index contributed by atoms with van der Waals surface area (Å²) in [5, 5.41) is 12.2. The van der Waals surface area contributed by atoms with Crippen LogP contribution in [0.25, 0.3) is 0 Å². The van der Waals surface area contributed by atoms with Crippen molar-refractivity contribution >= 4 is 23.5 Å². The number of amides is 2. The topological polar surface area (TPSA) is 103 Å². The van der Waals surface area contributed by atoms with Gasteiger partial charge in [-0.25, -0.2) is 9.78 Å². The second-order valence-corrected chi connectivity index (χ2v) is 8.01. The second kappa shape index (κ2) is 12.6. The summed E-state index contributed by atoms with van der Waals surface area (Å²) in [7, 11) is 0. The first kappa shape index (κ1) is 23.6. The third kappa shape index (κ3) is 7.80. The minimum atomic E-state index is -0.389. The summed E-state index contributed by atoms with van der Waals surface area (Å²) >= 11 is 0. The quantitative estimate of drug-likeness (QED) is 0.368. The number of anilines is 3. The number of urea groups is 1. The Balaban J connectivity index is 1.19. The van der Waals surface area contributed by atoms with Gasteiger partial charge in [0.2, 0.25) is 5.95 Å². The number of ether oxygens (including phenoxy) is 1. The van der Waals surface area contributed by atoms with Crippen molar-refractivity contribution in [3.63, 3.8) is 0 Å². The smallest absolute Gasteiger partial charge is 0.326 e. The first-order chi connectivity index (χ1) is 16.7. The van der Waals surface area contributed by atoms with Crippen LogP contribution in [0.4, 0.5) is 22.2 Å². The first-order valence-electron chi connectivity index (χ1n) is 11.5. The molecule has 3 aromatic rings. The van der Waals surface area contributed by atoms with Gasteiger partial charge in [0.1, 0.15) is 5.82 Å². The molecule has 0 atom stereocenters. The van der Waals surface area contributed by atoms with Crippen LogP contribution in [0.5, 0.6) is 0 Å². The molecule has 9 heteroatoms. The molecule has 1 aromatic heterocycles. The molecule has 4 N–H and O–H groups in total. The average molecular weight is 462 g/mol. The van der Waals surface area contributed by atoms with Crippen LogP contribution in [-0.4, -0.2) is 60.3 Å². The van der Waals surface area contributed by atoms with Crippen LogP contribution in [0.1, 0.15) is 11.1 Å². The molecule has 0 unspecified atom stereocenters. The maximum atomic E-state index is 12.4. The summed E-state index contributed by atoms with van der Waals surface area (Å²) in [6, 6.07) is 19.4. The van der Waals surface area contributed by atoms with Gasteiger partial charge in [-0.15, -0.1) is 0 Å². The summed E-state index contributed by atoms with van der Waals surface area (Å²) in [6.45, 7) is 6.69. The molecule has 2 amide bonds. The van der Waals surface area contributed by atoms with Gasteiger partial charge in [0.05, 0.1) is 13.2 Å². The third-order valence-corrected chi connectivity index (χ3v) is 5.43. The minimum Gasteiger partial charge on any atom is -0.379 e. The monoisotopic (exact) mass is 461 g/mol. The molecule has 0 radical (unpaired) electrons. The number of nitrogens with one attached hydrogen (secondary N) is 4. The zero-order valence-electron chi connectivity index (χ0n) is 19.2. The third-order valence-electron chi connectivity index (χ3n) is 5.43. The summed E-state index contributed by atoms with van der Waals surface area (Å²) < 4.78 is 5.36. The lowest BCUT2D eigenvalue weighted by molar-refractivity contribution is 0.0398. The van der Waals surface area contributed by atoms with E-state index in [1.165, 1.54) is 5.56 Å². The minimum absolute atomic E-state index is 0.246. The van der Waals surface area contributed by atoms with Crippen LogP contribution < -0.4 is 21.3 Å². The van der Waals surface area contributed by atoms with Crippen LogP contribution in [0, 0.1) is 0 Å². The van der Waals surface area contributed by atoms with Gasteiger partial charge in [-0.05, 0) is 29.3 Å². The lowest BCUT2D eigenvalue weighted by Gasteiger charge is -2.26. The van der Waals surface area contributed by atoms with E-state index in [2.05, 4.69) is 48.3 Å². The second-order valence-electron chi connectivity index (χ2n) is 8.01. The Bertz CT molecular complexity index is 1020. The molecule has 34 heavy (non-hydrogen) atoms. The Kier molecular flexibility index (Phi) is 8.78. The van der Waals surface area contributed by atoms with Gasteiger partial charge >= 0.3 is 6.03 Å². The molecule has 1 aliphatic rings. The van der Waals surface area contributed by atoms with E-state index in [1.54, 1.807) is 12.3 Å². The fourth-order valence-corrected chi connectivity index (χ4v) is 3.60. The number of aromatic nitrogens is 2. The molecular weight excluding hydrogens is 430 g/mol. The number of hydrogen-bond donors (Lipinski definition) is 4. The highest BCUT2D eigenvalue weighted by Crippen LogP contribution is 2.11. The number of morpholine rings is 1. The van der Waals surface area contributed by atoms with Crippen molar-refractivity contribution in [1.29, 1.82) is 0 Å². The van der Waals surface area contributed by atoms with E-state index < -0.39 is 0 Å². The number of benzene rings is 2. The zero-order chi connectivity index (χ0) is 23.4. The summed E-state index contributed by atoms with van der Waals surface area (Å²) in [6.07, 6.45) is 1.62. The summed E-state index contributed by atoms with van der Waals surface area (Å²) in [5.74, 6) is 0.918. The average Bonchev–Trinajstić information content (AvgIpc) is 2.87. The van der Waals surface area contributed by atoms with Crippen molar-refractivity contribution < 1.29 is 9.53 Å². The summed E-state index contributed by atoms with van der Waals surface area (Å²) in [5.41, 5.74) is 3.08. The van der Waals surface area contributed by atoms with Gasteiger partial charge in [-0.1, -0.05) is 42.5 Å². The number of carbonyl (C=O) groups excluding carboxylic acids is 1. The zero-order valence-corrected chi connectivity index (χ0v) is 19.2. The van der Waals surface area contributed by atoms with Gasteiger partial charge in [-0.2, -0.15) is 4.98 Å². The lowest BCUT2D eigenvalue weighted by Crippen LogP contribution is -2.39. The normalized spacial score (nSPS) is 13.9. The molecule has 178 valence electrons. The standard InChI is InChI=1S/C25H31N7O2/c33-25(29-22-8-6-21(7-9-22)19-26-18-20-4-2-1-3-5-20)31-24-28-11-10-23(30-24)27-12-13-32-14-16-34-17-15-32/h1-11,26H,12-19H2,(H3,27,28,29,30,31,33). The van der Waals surface area contributed by atoms with Crippen molar-refractivity contribution in [1.82, 2.24) is 20.2 Å². The number of carbonyl (C=O) groups is 1. The molecular formula is C25H31N7O2. The Morgan fingerprint density at radius 3 is 2.41 bits per heavy atom. The number of nitrogens with zero attached hydrogens (tertiary/aromatic N) is 3. The van der Waals surface area contributed by atoms with Crippen molar-refractivity contribution in [2.75, 3.05) is 55.3 Å². The molecule has 9 nitrogen and oxygen atoms in total. The lowest BCUT2D eigenvalue weighted by atomic mass is 10.2. The van der Waals surface area contributed by atoms with Crippen LogP contribution in [0.2, 0.25) is 0 Å². The van der Waals surface area contributed by atoms with Crippen molar-refractivity contribution in [3.8, 4) is 0 Å². The summed E-state index contributed by atoms with van der Waals surface area (Å²) in [4.78, 5) is 23.2. The molecule has 1 saturated heterocycles. The molecule has 0 saturated carbocycles. The van der Waals surface area contributed by atoms with Gasteiger partial charge in [0.15, 0.2) is 0 Å². The van der Waals surface area contributed by atoms with Crippen LogP contribution in [-0.2, 0) is 17.8 Å². The SMILES string of the molecule is O=C(Nc1ccc(CNCc2ccccc2)cc1)Nc1nccc(NCCN2CCOCC2)n1. The van der Waals surface area contributed by atoms with E-state index in [0.29, 0.717) is 11.5 Å². The first-order valence-corrected chi connectivity index (χ1v) is 11.5. The largest absolute Gasteiger partial charge is 0.379 e. The fraction of sp³-hybridized carbons (Fsp3) is 0.320. The predicted octanol–water partition coefficient (Wildman–Crippen LogP) is 3.15. The molecule has 1 fully saturated rings. The van der Waals surface area contributed by atoms with E-state index in [1.807, 2.05) is 42.5 Å². The highest BCUT2D eigenvalue weighted by molar-refractivity contribution is 5.98. The molecule has 0 aliphatic carbocycles. The highest BCUT2D eigenvalue weighted by Gasteiger charge is 2.10. The van der Waals surface area contributed by atoms with Crippen molar-refractivity contribution in [3.05, 3.63) is 78.0 Å². The van der Waals surface area contributed by atoms with Crippen molar-refractivity contribution in [2.24, 2.45) is 0 Å². The molecule has 2 heterocycles. The Morgan fingerprint density at radius 1 is 0.912 bits per heavy atom. The van der Waals surface area contributed by atoms with Gasteiger partial charge in [0.25, 0.3) is 0 Å². The predicted molar refractivity (Wildman–Crippen MR) is 134 cm³/mol. The Morgan fingerprint density at radius 2 is 1.65 bits per heavy atom. The molecule has 0 bridgehead atoms. The van der Waals surface area contributed by atoms with Crippen LogP contribution in [0.15, 0.2) is 66.9 Å². The highest BCUT2D eigenvalue weighted by atomic mass is 16.5. The van der Waals surface area contributed by atoms with Crippen LogP contribution in [0.3, 0.4) is 0 Å². The van der Waals surface area contributed by atoms with Gasteiger partial charge in [0, 0.05) is 51.2 Å². The van der Waals surface area contributed by atoms with E-state index in [0.717, 1.165) is 58.0 Å². The molecule has 1 aliphatic heterocycles. The van der Waals surface area contributed by atoms with E-state index in [4.69, 9.17) is 4.74 Å². The van der Waals surface area contributed by atoms with Gasteiger partial charge < -0.3 is 20.7 Å². The fourth-order valence-electron chi connectivity index (χ4n) is 3.60. The maximum absolute atomic E-state index is 12.4. The number of hydrogen-bond acceptors (Lipinski definition) is 7.